The van der Waals surface area contributed by atoms with Gasteiger partial charge in [0.25, 0.3) is 0 Å². The molecule has 0 unspecified atom stereocenters. The maximum atomic E-state index is 4.88. The van der Waals surface area contributed by atoms with E-state index >= 15 is 0 Å². The third-order valence-electron chi connectivity index (χ3n) is 4.93. The number of thiophene rings is 1. The summed E-state index contributed by atoms with van der Waals surface area (Å²) in [5, 5.41) is 11.8. The minimum atomic E-state index is 0.699. The summed E-state index contributed by atoms with van der Waals surface area (Å²) in [7, 11) is 0. The van der Waals surface area contributed by atoms with E-state index in [1.54, 1.807) is 17.5 Å². The molecule has 6 nitrogen and oxygen atoms in total. The molecule has 0 saturated carbocycles. The summed E-state index contributed by atoms with van der Waals surface area (Å²) in [6.07, 6.45) is 3.56. The van der Waals surface area contributed by atoms with Gasteiger partial charge in [-0.15, -0.1) is 0 Å². The van der Waals surface area contributed by atoms with E-state index < -0.39 is 0 Å². The van der Waals surface area contributed by atoms with Crippen molar-refractivity contribution in [1.82, 2.24) is 30.1 Å². The maximum Gasteiger partial charge on any atom is 0.161 e. The first-order valence-electron chi connectivity index (χ1n) is 9.14. The molecule has 0 fully saturated rings. The molecule has 5 aromatic heterocycles. The summed E-state index contributed by atoms with van der Waals surface area (Å²) < 4.78 is 0. The van der Waals surface area contributed by atoms with Gasteiger partial charge in [-0.2, -0.15) is 16.4 Å². The van der Waals surface area contributed by atoms with E-state index in [4.69, 9.17) is 9.97 Å². The number of aromatic amines is 2. The van der Waals surface area contributed by atoms with Crippen LogP contribution < -0.4 is 0 Å². The number of nitrogens with zero attached hydrogens (tertiary/aromatic N) is 4. The van der Waals surface area contributed by atoms with Gasteiger partial charge >= 0.3 is 0 Å². The summed E-state index contributed by atoms with van der Waals surface area (Å²) in [4.78, 5) is 17.3. The lowest BCUT2D eigenvalue weighted by atomic mass is 10.1. The Bertz CT molecular complexity index is 1450. The van der Waals surface area contributed by atoms with Crippen molar-refractivity contribution in [3.05, 3.63) is 71.7 Å². The van der Waals surface area contributed by atoms with Gasteiger partial charge in [-0.3, -0.25) is 10.1 Å². The highest BCUT2D eigenvalue weighted by molar-refractivity contribution is 7.08. The Morgan fingerprint density at radius 2 is 1.83 bits per heavy atom. The summed E-state index contributed by atoms with van der Waals surface area (Å²) in [6.45, 7) is 0. The van der Waals surface area contributed by atoms with Crippen LogP contribution in [0.3, 0.4) is 0 Å². The zero-order valence-corrected chi connectivity index (χ0v) is 15.9. The topological polar surface area (TPSA) is 83.1 Å². The fourth-order valence-electron chi connectivity index (χ4n) is 3.53. The molecule has 5 heterocycles. The van der Waals surface area contributed by atoms with Crippen molar-refractivity contribution in [3.8, 4) is 33.9 Å². The number of rotatable bonds is 3. The number of hydrogen-bond donors (Lipinski definition) is 2. The Morgan fingerprint density at radius 1 is 0.828 bits per heavy atom. The van der Waals surface area contributed by atoms with Gasteiger partial charge in [-0.05, 0) is 52.7 Å². The van der Waals surface area contributed by atoms with Gasteiger partial charge in [0.1, 0.15) is 5.52 Å². The molecule has 0 atom stereocenters. The van der Waals surface area contributed by atoms with E-state index in [1.807, 2.05) is 42.6 Å². The van der Waals surface area contributed by atoms with Gasteiger partial charge in [0.05, 0.1) is 22.2 Å². The number of para-hydroxylation sites is 1. The zero-order chi connectivity index (χ0) is 19.2. The number of pyridine rings is 2. The molecular weight excluding hydrogens is 380 g/mol. The number of aromatic nitrogens is 6. The predicted octanol–water partition coefficient (Wildman–Crippen LogP) is 5.29. The second-order valence-corrected chi connectivity index (χ2v) is 7.49. The summed E-state index contributed by atoms with van der Waals surface area (Å²) in [5.41, 5.74) is 8.35. The maximum absolute atomic E-state index is 4.88. The van der Waals surface area contributed by atoms with Crippen molar-refractivity contribution < 1.29 is 0 Å². The zero-order valence-electron chi connectivity index (χ0n) is 15.1. The van der Waals surface area contributed by atoms with Gasteiger partial charge in [0.15, 0.2) is 11.5 Å². The van der Waals surface area contributed by atoms with E-state index in [0.717, 1.165) is 38.9 Å². The number of imidazole rings is 1. The molecule has 0 amide bonds. The highest BCUT2D eigenvalue weighted by Gasteiger charge is 2.16. The van der Waals surface area contributed by atoms with Gasteiger partial charge in [-0.25, -0.2) is 9.97 Å². The highest BCUT2D eigenvalue weighted by Crippen LogP contribution is 2.32. The SMILES string of the molecule is c1cncc(-c2ccc3[nH]nc(-c4nc5c(-c6ccsc6)cccc5[nH]4)c3n2)c1. The Labute approximate surface area is 169 Å². The monoisotopic (exact) mass is 394 g/mol. The molecule has 0 saturated heterocycles. The standard InChI is InChI=1S/C22H14N6S/c1-4-15(14-8-10-29-12-14)19-17(5-1)25-22(26-19)21-20-18(27-28-21)7-6-16(24-20)13-3-2-9-23-11-13/h1-12H,(H,25,26)(H,27,28). The van der Waals surface area contributed by atoms with E-state index in [-0.39, 0.29) is 0 Å². The van der Waals surface area contributed by atoms with Crippen LogP contribution in [0.4, 0.5) is 0 Å². The lowest BCUT2D eigenvalue weighted by molar-refractivity contribution is 1.10. The molecule has 0 aliphatic rings. The summed E-state index contributed by atoms with van der Waals surface area (Å²) >= 11 is 1.68. The van der Waals surface area contributed by atoms with Crippen molar-refractivity contribution in [1.29, 1.82) is 0 Å². The van der Waals surface area contributed by atoms with Crippen LogP contribution in [0.15, 0.2) is 71.7 Å². The second-order valence-electron chi connectivity index (χ2n) is 6.71. The number of benzene rings is 1. The first-order chi connectivity index (χ1) is 14.4. The minimum Gasteiger partial charge on any atom is -0.336 e. The summed E-state index contributed by atoms with van der Waals surface area (Å²) in [6, 6.07) is 16.1. The van der Waals surface area contributed by atoms with E-state index in [9.17, 15) is 0 Å². The molecule has 6 rings (SSSR count). The van der Waals surface area contributed by atoms with Crippen LogP contribution in [0.1, 0.15) is 0 Å². The van der Waals surface area contributed by atoms with Crippen molar-refractivity contribution in [2.24, 2.45) is 0 Å². The normalized spacial score (nSPS) is 11.4. The molecule has 6 aromatic rings. The molecule has 0 spiro atoms. The van der Waals surface area contributed by atoms with Crippen LogP contribution in [-0.4, -0.2) is 30.1 Å². The van der Waals surface area contributed by atoms with Crippen molar-refractivity contribution in [3.63, 3.8) is 0 Å². The van der Waals surface area contributed by atoms with E-state index in [0.29, 0.717) is 11.5 Å². The fourth-order valence-corrected chi connectivity index (χ4v) is 4.19. The smallest absolute Gasteiger partial charge is 0.161 e. The van der Waals surface area contributed by atoms with Gasteiger partial charge in [0, 0.05) is 23.5 Å². The molecular formula is C22H14N6S. The third-order valence-corrected chi connectivity index (χ3v) is 5.62. The molecule has 1 aromatic carbocycles. The van der Waals surface area contributed by atoms with Crippen LogP contribution in [-0.2, 0) is 0 Å². The molecule has 138 valence electrons. The van der Waals surface area contributed by atoms with Crippen molar-refractivity contribution >= 4 is 33.4 Å². The largest absolute Gasteiger partial charge is 0.336 e. The van der Waals surface area contributed by atoms with Crippen LogP contribution in [0.25, 0.3) is 56.0 Å². The Morgan fingerprint density at radius 3 is 2.69 bits per heavy atom. The molecule has 0 bridgehead atoms. The Balaban J connectivity index is 1.53. The second kappa shape index (κ2) is 6.35. The Kier molecular flexibility index (Phi) is 3.54. The average Bonchev–Trinajstić information content (AvgIpc) is 3.52. The van der Waals surface area contributed by atoms with Gasteiger partial charge in [0.2, 0.25) is 0 Å². The molecule has 0 radical (unpaired) electrons. The lowest BCUT2D eigenvalue weighted by Crippen LogP contribution is -1.87. The molecule has 2 N–H and O–H groups in total. The van der Waals surface area contributed by atoms with Crippen molar-refractivity contribution in [2.75, 3.05) is 0 Å². The quantitative estimate of drug-likeness (QED) is 0.427. The number of H-pyrrole nitrogens is 2. The van der Waals surface area contributed by atoms with Crippen molar-refractivity contribution in [2.45, 2.75) is 0 Å². The molecule has 0 aliphatic carbocycles. The molecule has 7 heteroatoms. The van der Waals surface area contributed by atoms with Crippen LogP contribution in [0.5, 0.6) is 0 Å². The number of hydrogen-bond acceptors (Lipinski definition) is 5. The van der Waals surface area contributed by atoms with Crippen LogP contribution in [0, 0.1) is 0 Å². The average molecular weight is 394 g/mol. The van der Waals surface area contributed by atoms with Gasteiger partial charge in [-0.1, -0.05) is 12.1 Å². The fraction of sp³-hybridized carbons (Fsp3) is 0. The first-order valence-corrected chi connectivity index (χ1v) is 10.1. The number of fused-ring (bicyclic) bond motifs is 2. The van der Waals surface area contributed by atoms with Crippen LogP contribution >= 0.6 is 11.3 Å². The third kappa shape index (κ3) is 2.63. The lowest BCUT2D eigenvalue weighted by Gasteiger charge is -2.00. The van der Waals surface area contributed by atoms with E-state index in [2.05, 4.69) is 43.1 Å². The minimum absolute atomic E-state index is 0.699. The highest BCUT2D eigenvalue weighted by atomic mass is 32.1. The molecule has 0 aliphatic heterocycles. The molecule has 29 heavy (non-hydrogen) atoms. The van der Waals surface area contributed by atoms with E-state index in [1.165, 1.54) is 5.56 Å². The van der Waals surface area contributed by atoms with Gasteiger partial charge < -0.3 is 4.98 Å². The summed E-state index contributed by atoms with van der Waals surface area (Å²) in [5.74, 6) is 0.699. The Hall–Kier alpha value is -3.84. The van der Waals surface area contributed by atoms with Crippen LogP contribution in [0.2, 0.25) is 0 Å². The number of nitrogens with one attached hydrogen (secondary N) is 2. The first kappa shape index (κ1) is 16.1. The predicted molar refractivity (Wildman–Crippen MR) is 116 cm³/mol.